The first-order valence-corrected chi connectivity index (χ1v) is 34.0. The van der Waals surface area contributed by atoms with Gasteiger partial charge in [-0.3, -0.25) is 24.3 Å². The predicted molar refractivity (Wildman–Crippen MR) is 281 cm³/mol. The first kappa shape index (κ1) is 58.3. The molecule has 0 nitrogen and oxygen atoms in total. The Morgan fingerprint density at radius 3 is 0.618 bits per heavy atom. The molecule has 6 aromatic rings. The van der Waals surface area contributed by atoms with Crippen molar-refractivity contribution in [3.05, 3.63) is 275 Å². The van der Waals surface area contributed by atoms with Gasteiger partial charge in [-0.25, -0.2) is 46.6 Å². The largest absolute Gasteiger partial charge is 1.00 e. The summed E-state index contributed by atoms with van der Waals surface area (Å²) >= 11 is 3.38. The first-order chi connectivity index (χ1) is 32.0. The van der Waals surface area contributed by atoms with Crippen molar-refractivity contribution in [3.63, 3.8) is 0 Å². The maximum Gasteiger partial charge on any atom is -1.00 e. The summed E-state index contributed by atoms with van der Waals surface area (Å²) in [5.41, 5.74) is 15.6. The Morgan fingerprint density at radius 1 is 0.309 bits per heavy atom. The van der Waals surface area contributed by atoms with Gasteiger partial charge >= 0.3 is 142 Å². The van der Waals surface area contributed by atoms with Gasteiger partial charge in [0.15, 0.2) is 0 Å². The average molecular weight is 1110 g/mol. The molecule has 68 heavy (non-hydrogen) atoms. The zero-order chi connectivity index (χ0) is 46.9. The van der Waals surface area contributed by atoms with Crippen LogP contribution in [0.3, 0.4) is 0 Å². The van der Waals surface area contributed by atoms with E-state index in [1.807, 2.05) is 24.3 Å². The SMILES string of the molecule is CC1=[C-]CC(c2ccccc2)=C1.CC1=[C-]CC(c2ccccc2)=C1.CC1=[C-]CC(c2ccccc2)=C1.CC1=[C-]CC(c2ccccc2)=C1.C[Si](=[Zr+2])c1ccccc1.C[Si](=[Zr+2])c1ccccc1.[Cl-].[Cl-]. The van der Waals surface area contributed by atoms with Gasteiger partial charge in [0.25, 0.3) is 0 Å². The summed E-state index contributed by atoms with van der Waals surface area (Å²) in [5.74, 6) is 0. The van der Waals surface area contributed by atoms with Crippen LogP contribution in [-0.4, -0.2) is 10.9 Å². The number of rotatable bonds is 6. The second kappa shape index (κ2) is 32.8. The molecule has 0 heterocycles. The fourth-order valence-electron chi connectivity index (χ4n) is 7.12. The van der Waals surface area contributed by atoms with E-state index in [1.54, 1.807) is 57.0 Å². The summed E-state index contributed by atoms with van der Waals surface area (Å²) in [5, 5.41) is 3.11. The summed E-state index contributed by atoms with van der Waals surface area (Å²) in [7, 11) is 0. The van der Waals surface area contributed by atoms with Crippen molar-refractivity contribution in [2.24, 2.45) is 0 Å². The van der Waals surface area contributed by atoms with Crippen molar-refractivity contribution >= 4 is 43.5 Å². The molecule has 6 aromatic carbocycles. The summed E-state index contributed by atoms with van der Waals surface area (Å²) in [4.78, 5) is 0. The molecular weight excluding hydrogens is 1050 g/mol. The topological polar surface area (TPSA) is 0 Å². The molecule has 6 heteroatoms. The molecule has 0 bridgehead atoms. The van der Waals surface area contributed by atoms with Gasteiger partial charge in [-0.15, -0.1) is 48.0 Å². The minimum absolute atomic E-state index is 0. The molecule has 0 radical (unpaired) electrons. The molecule has 0 spiro atoms. The third-order valence-corrected chi connectivity index (χ3v) is 17.4. The van der Waals surface area contributed by atoms with E-state index in [1.165, 1.54) is 66.8 Å². The zero-order valence-electron chi connectivity index (χ0n) is 40.2. The summed E-state index contributed by atoms with van der Waals surface area (Å²) in [6, 6.07) is 63.4. The summed E-state index contributed by atoms with van der Waals surface area (Å²) in [6.07, 6.45) is 25.9. The number of hydrogen-bond acceptors (Lipinski definition) is 0. The normalized spacial score (nSPS) is 13.6. The Hall–Kier alpha value is -3.98. The second-order valence-electron chi connectivity index (χ2n) is 16.3. The van der Waals surface area contributed by atoms with Gasteiger partial charge in [-0.05, 0) is 22.3 Å². The van der Waals surface area contributed by atoms with E-state index in [4.69, 9.17) is 0 Å². The quantitative estimate of drug-likeness (QED) is 0.116. The van der Waals surface area contributed by atoms with Gasteiger partial charge in [-0.2, -0.15) is 0 Å². The first-order valence-electron chi connectivity index (χ1n) is 22.6. The standard InChI is InChI=1S/4C12H11.2C7H8Si.2ClH.2Zr/c4*1-10-7-8-12(9-10)11-5-3-2-4-6-11;2*1-8-7-5-3-2-4-6-7;;;;/h4*2-6,9H,8H2,1H3;2*2-6H,1H3;2*1H;;/q4*-1;;;;;2*+2/p-2. The smallest absolute Gasteiger partial charge is 1.00 e. The molecule has 0 N–H and O–H groups in total. The van der Waals surface area contributed by atoms with Crippen LogP contribution < -0.4 is 35.2 Å². The van der Waals surface area contributed by atoms with Crippen LogP contribution in [0.25, 0.3) is 22.3 Å². The Labute approximate surface area is 452 Å². The van der Waals surface area contributed by atoms with Crippen LogP contribution in [0.15, 0.2) is 229 Å². The van der Waals surface area contributed by atoms with Gasteiger partial charge in [0.2, 0.25) is 0 Å². The fourth-order valence-corrected chi connectivity index (χ4v) is 11.0. The van der Waals surface area contributed by atoms with Crippen LogP contribution in [0.2, 0.25) is 13.1 Å². The molecule has 0 atom stereocenters. The Morgan fingerprint density at radius 2 is 0.485 bits per heavy atom. The van der Waals surface area contributed by atoms with Gasteiger partial charge in [0.1, 0.15) is 0 Å². The Balaban J connectivity index is 0.000000216. The van der Waals surface area contributed by atoms with Crippen molar-refractivity contribution in [3.8, 4) is 0 Å². The average Bonchev–Trinajstić information content (AvgIpc) is 4.21. The molecule has 4 aliphatic rings. The van der Waals surface area contributed by atoms with E-state index >= 15 is 0 Å². The minimum Gasteiger partial charge on any atom is -1.00 e. The van der Waals surface area contributed by atoms with Gasteiger partial charge < -0.3 is 24.8 Å². The van der Waals surface area contributed by atoms with Crippen LogP contribution in [0.5, 0.6) is 0 Å². The van der Waals surface area contributed by atoms with Crippen LogP contribution in [0.4, 0.5) is 0 Å². The van der Waals surface area contributed by atoms with Gasteiger partial charge in [-0.1, -0.05) is 149 Å². The number of hydrogen-bond donors (Lipinski definition) is 0. The van der Waals surface area contributed by atoms with E-state index in [0.29, 0.717) is 0 Å². The van der Waals surface area contributed by atoms with E-state index in [0.717, 1.165) is 25.7 Å². The molecule has 10 rings (SSSR count). The molecular formula is C62H60Cl2Si2Zr2-2. The van der Waals surface area contributed by atoms with Crippen molar-refractivity contribution in [1.82, 2.24) is 0 Å². The van der Waals surface area contributed by atoms with Crippen LogP contribution in [-0.2, 0) is 46.7 Å². The predicted octanol–water partition coefficient (Wildman–Crippen LogP) is 9.02. The second-order valence-corrected chi connectivity index (χ2v) is 31.0. The molecule has 0 amide bonds. The van der Waals surface area contributed by atoms with E-state index in [9.17, 15) is 0 Å². The van der Waals surface area contributed by atoms with Crippen molar-refractivity contribution < 1.29 is 71.5 Å². The molecule has 4 aliphatic carbocycles. The monoisotopic (exact) mass is 1110 g/mol. The number of halogens is 2. The van der Waals surface area contributed by atoms with Gasteiger partial charge in [0, 0.05) is 0 Å². The van der Waals surface area contributed by atoms with E-state index < -0.39 is 0 Å². The van der Waals surface area contributed by atoms with Crippen LogP contribution in [0, 0.1) is 24.3 Å². The molecule has 340 valence electrons. The van der Waals surface area contributed by atoms with Crippen LogP contribution in [0.1, 0.15) is 75.6 Å². The molecule has 0 fully saturated rings. The maximum absolute atomic E-state index is 3.29. The number of allylic oxidation sites excluding steroid dienone is 16. The summed E-state index contributed by atoms with van der Waals surface area (Å²) < 4.78 is 0. The van der Waals surface area contributed by atoms with Gasteiger partial charge in [0.05, 0.1) is 0 Å². The number of benzene rings is 6. The molecule has 0 saturated carbocycles. The van der Waals surface area contributed by atoms with E-state index in [-0.39, 0.29) is 35.7 Å². The molecule has 0 unspecified atom stereocenters. The van der Waals surface area contributed by atoms with Crippen molar-refractivity contribution in [2.75, 3.05) is 0 Å². The third-order valence-electron chi connectivity index (χ3n) is 10.8. The Bertz CT molecular complexity index is 2400. The van der Waals surface area contributed by atoms with E-state index in [2.05, 4.69) is 247 Å². The third kappa shape index (κ3) is 21.3. The van der Waals surface area contributed by atoms with Crippen molar-refractivity contribution in [2.45, 2.75) is 66.5 Å². The minimum atomic E-state index is -0.122. The molecule has 0 aromatic heterocycles. The summed E-state index contributed by atoms with van der Waals surface area (Å²) in [6.45, 7) is 13.1. The van der Waals surface area contributed by atoms with Crippen LogP contribution >= 0.6 is 0 Å². The Kier molecular flexibility index (Phi) is 28.1. The van der Waals surface area contributed by atoms with Crippen molar-refractivity contribution in [1.29, 1.82) is 0 Å². The molecule has 0 aliphatic heterocycles. The zero-order valence-corrected chi connectivity index (χ0v) is 48.6. The fraction of sp³-hybridized carbons (Fsp3) is 0.161. The maximum atomic E-state index is 3.29. The molecule has 0 saturated heterocycles.